The van der Waals surface area contributed by atoms with Crippen LogP contribution >= 0.6 is 24.0 Å². The Balaban J connectivity index is 0.00000450. The average Bonchev–Trinajstić information content (AvgIpc) is 2.74. The van der Waals surface area contributed by atoms with E-state index in [1.165, 1.54) is 0 Å². The largest absolute Gasteiger partial charge is 0.497 e. The monoisotopic (exact) mass is 526 g/mol. The summed E-state index contributed by atoms with van der Waals surface area (Å²) in [4.78, 5) is 20.3. The highest BCUT2D eigenvalue weighted by molar-refractivity contribution is 14.0. The van der Waals surface area contributed by atoms with E-state index in [4.69, 9.17) is 14.5 Å². The summed E-state index contributed by atoms with van der Waals surface area (Å²) in [6, 6.07) is 15.7. The van der Waals surface area contributed by atoms with Gasteiger partial charge in [-0.1, -0.05) is 30.3 Å². The van der Waals surface area contributed by atoms with Gasteiger partial charge in [0.15, 0.2) is 5.96 Å². The third-order valence-corrected chi connectivity index (χ3v) is 4.41. The summed E-state index contributed by atoms with van der Waals surface area (Å²) >= 11 is 0. The second kappa shape index (κ2) is 12.9. The van der Waals surface area contributed by atoms with Crippen LogP contribution in [0.4, 0.5) is 0 Å². The van der Waals surface area contributed by atoms with Crippen LogP contribution in [0.3, 0.4) is 0 Å². The molecule has 2 aromatic rings. The third-order valence-electron chi connectivity index (χ3n) is 4.41. The number of hydrogen-bond acceptors (Lipinski definition) is 4. The average molecular weight is 526 g/mol. The number of benzene rings is 2. The van der Waals surface area contributed by atoms with Gasteiger partial charge < -0.3 is 24.6 Å². The van der Waals surface area contributed by atoms with Crippen LogP contribution in [0.1, 0.15) is 11.1 Å². The van der Waals surface area contributed by atoms with Crippen LogP contribution in [0.15, 0.2) is 53.5 Å². The van der Waals surface area contributed by atoms with Crippen LogP contribution in [0.2, 0.25) is 0 Å². The molecule has 30 heavy (non-hydrogen) atoms. The second-order valence-corrected chi connectivity index (χ2v) is 6.80. The highest BCUT2D eigenvalue weighted by Gasteiger charge is 2.13. The summed E-state index contributed by atoms with van der Waals surface area (Å²) in [5.41, 5.74) is 2.09. The van der Waals surface area contributed by atoms with Gasteiger partial charge in [-0.05, 0) is 17.7 Å². The lowest BCUT2D eigenvalue weighted by Gasteiger charge is -2.24. The maximum absolute atomic E-state index is 12.0. The normalized spacial score (nSPS) is 10.6. The first-order valence-electron chi connectivity index (χ1n) is 9.39. The van der Waals surface area contributed by atoms with Gasteiger partial charge >= 0.3 is 0 Å². The number of methoxy groups -OCH3 is 2. The van der Waals surface area contributed by atoms with Crippen molar-refractivity contribution in [3.05, 3.63) is 59.7 Å². The molecule has 7 nitrogen and oxygen atoms in total. The van der Waals surface area contributed by atoms with Gasteiger partial charge in [-0.25, -0.2) is 4.99 Å². The molecule has 1 N–H and O–H groups in total. The Morgan fingerprint density at radius 3 is 2.33 bits per heavy atom. The molecule has 0 aliphatic heterocycles. The second-order valence-electron chi connectivity index (χ2n) is 6.80. The van der Waals surface area contributed by atoms with Gasteiger partial charge in [0.2, 0.25) is 5.91 Å². The first kappa shape index (κ1) is 25.5. The molecule has 2 aromatic carbocycles. The van der Waals surface area contributed by atoms with Gasteiger partial charge in [0.1, 0.15) is 11.5 Å². The minimum atomic E-state index is -0.0205. The SMILES string of the molecule is COc1ccc(CN(C)C(=NCc2ccccc2)NCC(=O)N(C)C)c(OC)c1.I. The molecule has 0 saturated carbocycles. The number of ether oxygens (including phenoxy) is 2. The molecule has 0 fully saturated rings. The van der Waals surface area contributed by atoms with E-state index in [2.05, 4.69) is 5.32 Å². The summed E-state index contributed by atoms with van der Waals surface area (Å²) < 4.78 is 10.8. The molecule has 164 valence electrons. The molecular weight excluding hydrogens is 495 g/mol. The summed E-state index contributed by atoms with van der Waals surface area (Å²) in [7, 11) is 8.66. The maximum Gasteiger partial charge on any atom is 0.241 e. The van der Waals surface area contributed by atoms with Crippen LogP contribution < -0.4 is 14.8 Å². The fourth-order valence-electron chi connectivity index (χ4n) is 2.69. The number of nitrogens with zero attached hydrogens (tertiary/aromatic N) is 3. The molecule has 8 heteroatoms. The number of carbonyl (C=O) groups is 1. The van der Waals surface area contributed by atoms with Crippen molar-refractivity contribution in [2.24, 2.45) is 4.99 Å². The minimum absolute atomic E-state index is 0. The van der Waals surface area contributed by atoms with E-state index < -0.39 is 0 Å². The number of halogens is 1. The molecule has 0 saturated heterocycles. The van der Waals surface area contributed by atoms with Crippen molar-refractivity contribution in [1.29, 1.82) is 0 Å². The lowest BCUT2D eigenvalue weighted by atomic mass is 10.2. The molecule has 0 atom stereocenters. The summed E-state index contributed by atoms with van der Waals surface area (Å²) in [5.74, 6) is 2.10. The van der Waals surface area contributed by atoms with Crippen molar-refractivity contribution in [1.82, 2.24) is 15.1 Å². The highest BCUT2D eigenvalue weighted by Crippen LogP contribution is 2.25. The standard InChI is InChI=1S/C22H30N4O3.HI/c1-25(2)21(27)15-24-22(23-14-17-9-7-6-8-10-17)26(3)16-18-11-12-19(28-4)13-20(18)29-5;/h6-13H,14-16H2,1-5H3,(H,23,24);1H. The summed E-state index contributed by atoms with van der Waals surface area (Å²) in [5, 5.41) is 3.17. The smallest absolute Gasteiger partial charge is 0.241 e. The number of likely N-dealkylation sites (N-methyl/N-ethyl adjacent to an activating group) is 1. The number of aliphatic imine (C=N–C) groups is 1. The molecule has 0 unspecified atom stereocenters. The van der Waals surface area contributed by atoms with E-state index in [1.54, 1.807) is 33.2 Å². The van der Waals surface area contributed by atoms with Gasteiger partial charge in [-0.15, -0.1) is 24.0 Å². The third kappa shape index (κ3) is 7.74. The molecule has 1 amide bonds. The van der Waals surface area contributed by atoms with Crippen molar-refractivity contribution in [3.63, 3.8) is 0 Å². The lowest BCUT2D eigenvalue weighted by Crippen LogP contribution is -2.43. The predicted octanol–water partition coefficient (Wildman–Crippen LogP) is 2.99. The van der Waals surface area contributed by atoms with Crippen LogP contribution in [0.5, 0.6) is 11.5 Å². The zero-order chi connectivity index (χ0) is 21.2. The number of nitrogens with one attached hydrogen (secondary N) is 1. The van der Waals surface area contributed by atoms with E-state index in [9.17, 15) is 4.79 Å². The first-order valence-corrected chi connectivity index (χ1v) is 9.39. The predicted molar refractivity (Wildman–Crippen MR) is 131 cm³/mol. The fraction of sp³-hybridized carbons (Fsp3) is 0.364. The quantitative estimate of drug-likeness (QED) is 0.326. The molecular formula is C22H31IN4O3. The minimum Gasteiger partial charge on any atom is -0.497 e. The molecule has 0 radical (unpaired) electrons. The number of hydrogen-bond donors (Lipinski definition) is 1. The van der Waals surface area contributed by atoms with Crippen molar-refractivity contribution >= 4 is 35.8 Å². The zero-order valence-corrected chi connectivity index (χ0v) is 20.5. The van der Waals surface area contributed by atoms with Crippen molar-refractivity contribution < 1.29 is 14.3 Å². The van der Waals surface area contributed by atoms with E-state index in [0.29, 0.717) is 19.0 Å². The van der Waals surface area contributed by atoms with E-state index in [0.717, 1.165) is 22.6 Å². The Labute approximate surface area is 196 Å². The Morgan fingerprint density at radius 2 is 1.73 bits per heavy atom. The Bertz CT molecular complexity index is 828. The molecule has 0 heterocycles. The highest BCUT2D eigenvalue weighted by atomic mass is 127. The molecule has 0 spiro atoms. The van der Waals surface area contributed by atoms with Crippen LogP contribution in [0.25, 0.3) is 0 Å². The molecule has 0 aromatic heterocycles. The van der Waals surface area contributed by atoms with E-state index in [1.807, 2.05) is 60.5 Å². The molecule has 0 aliphatic carbocycles. The fourth-order valence-corrected chi connectivity index (χ4v) is 2.69. The topological polar surface area (TPSA) is 66.4 Å². The number of rotatable bonds is 8. The van der Waals surface area contributed by atoms with Gasteiger partial charge in [-0.2, -0.15) is 0 Å². The number of carbonyl (C=O) groups excluding carboxylic acids is 1. The molecule has 2 rings (SSSR count). The Morgan fingerprint density at radius 1 is 1.03 bits per heavy atom. The maximum atomic E-state index is 12.0. The van der Waals surface area contributed by atoms with Gasteiger partial charge in [0, 0.05) is 39.3 Å². The Kier molecular flexibility index (Phi) is 11.0. The van der Waals surface area contributed by atoms with Crippen molar-refractivity contribution in [3.8, 4) is 11.5 Å². The van der Waals surface area contributed by atoms with Crippen molar-refractivity contribution in [2.75, 3.05) is 41.9 Å². The van der Waals surface area contributed by atoms with Gasteiger partial charge in [0.25, 0.3) is 0 Å². The van der Waals surface area contributed by atoms with Gasteiger partial charge in [-0.3, -0.25) is 4.79 Å². The van der Waals surface area contributed by atoms with Crippen LogP contribution in [-0.2, 0) is 17.9 Å². The van der Waals surface area contributed by atoms with E-state index in [-0.39, 0.29) is 36.4 Å². The molecule has 0 aliphatic rings. The van der Waals surface area contributed by atoms with Crippen LogP contribution in [-0.4, -0.2) is 63.6 Å². The summed E-state index contributed by atoms with van der Waals surface area (Å²) in [6.07, 6.45) is 0. The number of amides is 1. The van der Waals surface area contributed by atoms with E-state index >= 15 is 0 Å². The van der Waals surface area contributed by atoms with Gasteiger partial charge in [0.05, 0.1) is 27.3 Å². The first-order chi connectivity index (χ1) is 13.9. The Hall–Kier alpha value is -2.49. The van der Waals surface area contributed by atoms with Crippen molar-refractivity contribution in [2.45, 2.75) is 13.1 Å². The molecule has 0 bridgehead atoms. The summed E-state index contributed by atoms with van der Waals surface area (Å²) in [6.45, 7) is 1.25. The zero-order valence-electron chi connectivity index (χ0n) is 18.2. The number of guanidine groups is 1. The lowest BCUT2D eigenvalue weighted by molar-refractivity contribution is -0.127. The van der Waals surface area contributed by atoms with Crippen LogP contribution in [0, 0.1) is 0 Å².